The highest BCUT2D eigenvalue weighted by atomic mass is 35.5. The van der Waals surface area contributed by atoms with Gasteiger partial charge < -0.3 is 16.4 Å². The van der Waals surface area contributed by atoms with Crippen molar-refractivity contribution in [2.75, 3.05) is 0 Å². The van der Waals surface area contributed by atoms with E-state index in [0.29, 0.717) is 16.5 Å². The van der Waals surface area contributed by atoms with E-state index in [2.05, 4.69) is 10.6 Å². The van der Waals surface area contributed by atoms with Crippen molar-refractivity contribution >= 4 is 35.1 Å². The average molecular weight is 332 g/mol. The Balaban J connectivity index is 2.48. The molecule has 0 unspecified atom stereocenters. The standard InChI is InChI=1S/C14H19Cl2N3O2/c1-2-3-4-12(13(17)20)19-14(21)18-8-9-5-6-10(15)11(16)7-9/h5-7,12H,2-4,8H2,1H3,(H2,17,20)(H2,18,19,21)/t12-/m0/s1. The van der Waals surface area contributed by atoms with Crippen LogP contribution in [0.3, 0.4) is 0 Å². The maximum Gasteiger partial charge on any atom is 0.315 e. The minimum absolute atomic E-state index is 0.280. The number of primary amides is 1. The molecule has 0 aliphatic heterocycles. The lowest BCUT2D eigenvalue weighted by molar-refractivity contribution is -0.119. The van der Waals surface area contributed by atoms with Crippen LogP contribution in [0, 0.1) is 0 Å². The Labute approximate surface area is 134 Å². The van der Waals surface area contributed by atoms with Crippen molar-refractivity contribution in [1.82, 2.24) is 10.6 Å². The molecule has 0 radical (unpaired) electrons. The normalized spacial score (nSPS) is 11.8. The lowest BCUT2D eigenvalue weighted by Crippen LogP contribution is -2.48. The smallest absolute Gasteiger partial charge is 0.315 e. The van der Waals surface area contributed by atoms with E-state index < -0.39 is 18.0 Å². The fourth-order valence-electron chi connectivity index (χ4n) is 1.74. The van der Waals surface area contributed by atoms with Crippen molar-refractivity contribution in [1.29, 1.82) is 0 Å². The van der Waals surface area contributed by atoms with Gasteiger partial charge in [0.05, 0.1) is 10.0 Å². The van der Waals surface area contributed by atoms with Crippen molar-refractivity contribution in [3.05, 3.63) is 33.8 Å². The van der Waals surface area contributed by atoms with Crippen LogP contribution >= 0.6 is 23.2 Å². The molecular formula is C14H19Cl2N3O2. The number of carbonyl (C=O) groups is 2. The monoisotopic (exact) mass is 331 g/mol. The van der Waals surface area contributed by atoms with Gasteiger partial charge in [0.15, 0.2) is 0 Å². The van der Waals surface area contributed by atoms with Gasteiger partial charge in [0.1, 0.15) is 6.04 Å². The Kier molecular flexibility index (Phi) is 7.32. The molecule has 1 atom stereocenters. The highest BCUT2D eigenvalue weighted by molar-refractivity contribution is 6.42. The Bertz CT molecular complexity index is 509. The summed E-state index contributed by atoms with van der Waals surface area (Å²) in [5.74, 6) is -0.534. The molecule has 0 saturated carbocycles. The van der Waals surface area contributed by atoms with Gasteiger partial charge in [0.25, 0.3) is 0 Å². The maximum atomic E-state index is 11.8. The van der Waals surface area contributed by atoms with Crippen molar-refractivity contribution in [3.8, 4) is 0 Å². The molecule has 0 bridgehead atoms. The highest BCUT2D eigenvalue weighted by Gasteiger charge is 2.16. The molecule has 21 heavy (non-hydrogen) atoms. The van der Waals surface area contributed by atoms with E-state index >= 15 is 0 Å². The fraction of sp³-hybridized carbons (Fsp3) is 0.429. The van der Waals surface area contributed by atoms with Gasteiger partial charge in [-0.25, -0.2) is 4.79 Å². The molecule has 0 aromatic heterocycles. The molecule has 0 fully saturated rings. The quantitative estimate of drug-likeness (QED) is 0.717. The third-order valence-corrected chi connectivity index (χ3v) is 3.67. The SMILES string of the molecule is CCCC[C@H](NC(=O)NCc1ccc(Cl)c(Cl)c1)C(N)=O. The second-order valence-electron chi connectivity index (χ2n) is 4.67. The van der Waals surface area contributed by atoms with Crippen LogP contribution in [0.5, 0.6) is 0 Å². The van der Waals surface area contributed by atoms with Crippen LogP contribution in [-0.4, -0.2) is 18.0 Å². The zero-order chi connectivity index (χ0) is 15.8. The van der Waals surface area contributed by atoms with Gasteiger partial charge in [-0.1, -0.05) is 49.0 Å². The molecule has 3 amide bonds. The van der Waals surface area contributed by atoms with Crippen LogP contribution in [0.2, 0.25) is 10.0 Å². The molecule has 7 heteroatoms. The highest BCUT2D eigenvalue weighted by Crippen LogP contribution is 2.22. The van der Waals surface area contributed by atoms with E-state index in [0.717, 1.165) is 18.4 Å². The summed E-state index contributed by atoms with van der Waals surface area (Å²) in [7, 11) is 0. The average Bonchev–Trinajstić information content (AvgIpc) is 2.44. The van der Waals surface area contributed by atoms with E-state index in [1.165, 1.54) is 0 Å². The Morgan fingerprint density at radius 2 is 2.00 bits per heavy atom. The van der Waals surface area contributed by atoms with Gasteiger partial charge in [-0.2, -0.15) is 0 Å². The van der Waals surface area contributed by atoms with E-state index in [1.807, 2.05) is 6.92 Å². The second kappa shape index (κ2) is 8.74. The van der Waals surface area contributed by atoms with Gasteiger partial charge in [0, 0.05) is 6.54 Å². The van der Waals surface area contributed by atoms with Crippen LogP contribution < -0.4 is 16.4 Å². The minimum atomic E-state index is -0.654. The number of unbranched alkanes of at least 4 members (excludes halogenated alkanes) is 1. The number of urea groups is 1. The summed E-state index contributed by atoms with van der Waals surface area (Å²) in [5.41, 5.74) is 6.07. The van der Waals surface area contributed by atoms with Gasteiger partial charge in [0.2, 0.25) is 5.91 Å². The molecule has 0 aliphatic carbocycles. The molecule has 116 valence electrons. The number of halogens is 2. The first-order valence-corrected chi connectivity index (χ1v) is 7.47. The summed E-state index contributed by atoms with van der Waals surface area (Å²) in [6.45, 7) is 2.28. The number of carbonyl (C=O) groups excluding carboxylic acids is 2. The van der Waals surface area contributed by atoms with Gasteiger partial charge in [-0.05, 0) is 24.1 Å². The summed E-state index contributed by atoms with van der Waals surface area (Å²) >= 11 is 11.7. The number of benzene rings is 1. The largest absolute Gasteiger partial charge is 0.368 e. The topological polar surface area (TPSA) is 84.2 Å². The number of hydrogen-bond donors (Lipinski definition) is 3. The van der Waals surface area contributed by atoms with Crippen LogP contribution in [0.15, 0.2) is 18.2 Å². The van der Waals surface area contributed by atoms with Crippen LogP contribution in [0.1, 0.15) is 31.7 Å². The first-order valence-electron chi connectivity index (χ1n) is 6.71. The molecule has 1 rings (SSSR count). The van der Waals surface area contributed by atoms with Crippen LogP contribution in [-0.2, 0) is 11.3 Å². The number of hydrogen-bond acceptors (Lipinski definition) is 2. The van der Waals surface area contributed by atoms with Gasteiger partial charge in [-0.3, -0.25) is 4.79 Å². The molecule has 1 aromatic carbocycles. The zero-order valence-corrected chi connectivity index (χ0v) is 13.3. The Morgan fingerprint density at radius 3 is 2.57 bits per heavy atom. The number of amides is 3. The molecule has 0 saturated heterocycles. The summed E-state index contributed by atoms with van der Waals surface area (Å²) in [4.78, 5) is 23.0. The second-order valence-corrected chi connectivity index (χ2v) is 5.49. The Morgan fingerprint density at radius 1 is 1.29 bits per heavy atom. The first-order chi connectivity index (χ1) is 9.93. The maximum absolute atomic E-state index is 11.8. The van der Waals surface area contributed by atoms with E-state index in [-0.39, 0.29) is 6.54 Å². The Hall–Kier alpha value is -1.46. The van der Waals surface area contributed by atoms with Crippen molar-refractivity contribution in [2.24, 2.45) is 5.73 Å². The third-order valence-electron chi connectivity index (χ3n) is 2.93. The summed E-state index contributed by atoms with van der Waals surface area (Å²) in [6.07, 6.45) is 2.28. The molecule has 1 aromatic rings. The van der Waals surface area contributed by atoms with Gasteiger partial charge >= 0.3 is 6.03 Å². The first kappa shape index (κ1) is 17.6. The predicted molar refractivity (Wildman–Crippen MR) is 84.3 cm³/mol. The number of nitrogens with two attached hydrogens (primary N) is 1. The van der Waals surface area contributed by atoms with Crippen molar-refractivity contribution < 1.29 is 9.59 Å². The van der Waals surface area contributed by atoms with Gasteiger partial charge in [-0.15, -0.1) is 0 Å². The zero-order valence-electron chi connectivity index (χ0n) is 11.8. The number of rotatable bonds is 7. The van der Waals surface area contributed by atoms with E-state index in [4.69, 9.17) is 28.9 Å². The lowest BCUT2D eigenvalue weighted by atomic mass is 10.1. The molecule has 0 spiro atoms. The summed E-state index contributed by atoms with van der Waals surface area (Å²) < 4.78 is 0. The molecule has 0 aliphatic rings. The molecule has 5 nitrogen and oxygen atoms in total. The van der Waals surface area contributed by atoms with Crippen molar-refractivity contribution in [3.63, 3.8) is 0 Å². The van der Waals surface area contributed by atoms with E-state index in [1.54, 1.807) is 18.2 Å². The predicted octanol–water partition coefficient (Wildman–Crippen LogP) is 2.84. The third kappa shape index (κ3) is 6.23. The summed E-state index contributed by atoms with van der Waals surface area (Å²) in [5, 5.41) is 6.09. The fourth-order valence-corrected chi connectivity index (χ4v) is 2.06. The minimum Gasteiger partial charge on any atom is -0.368 e. The van der Waals surface area contributed by atoms with E-state index in [9.17, 15) is 9.59 Å². The number of nitrogens with one attached hydrogen (secondary N) is 2. The molecule has 0 heterocycles. The lowest BCUT2D eigenvalue weighted by Gasteiger charge is -2.15. The van der Waals surface area contributed by atoms with Crippen molar-refractivity contribution in [2.45, 2.75) is 38.8 Å². The molecular weight excluding hydrogens is 313 g/mol. The van der Waals surface area contributed by atoms with Crippen LogP contribution in [0.25, 0.3) is 0 Å². The summed E-state index contributed by atoms with van der Waals surface area (Å²) in [6, 6.07) is 4.00. The molecule has 4 N–H and O–H groups in total. The van der Waals surface area contributed by atoms with Crippen LogP contribution in [0.4, 0.5) is 4.79 Å².